The molecule has 0 bridgehead atoms. The number of H-pyrrole nitrogens is 1. The molecule has 152 valence electrons. The number of allylic oxidation sites excluding steroid dienone is 2. The van der Waals surface area contributed by atoms with Gasteiger partial charge in [-0.05, 0) is 18.2 Å². The van der Waals surface area contributed by atoms with Gasteiger partial charge in [0.1, 0.15) is 11.4 Å². The molecule has 2 heterocycles. The number of halogens is 1. The molecule has 0 aliphatic heterocycles. The lowest BCUT2D eigenvalue weighted by Gasteiger charge is -2.28. The summed E-state index contributed by atoms with van der Waals surface area (Å²) in [5.41, 5.74) is 0.472. The van der Waals surface area contributed by atoms with Crippen LogP contribution in [0.2, 0.25) is 0 Å². The van der Waals surface area contributed by atoms with Gasteiger partial charge in [-0.1, -0.05) is 36.7 Å². The molecule has 3 atom stereocenters. The van der Waals surface area contributed by atoms with Gasteiger partial charge in [-0.25, -0.2) is 13.4 Å². The highest BCUT2D eigenvalue weighted by Crippen LogP contribution is 2.32. The molecule has 1 aromatic carbocycles. The Morgan fingerprint density at radius 2 is 2.10 bits per heavy atom. The number of nitrogens with zero attached hydrogens (tertiary/aromatic N) is 1. The number of rotatable bonds is 6. The van der Waals surface area contributed by atoms with Crippen LogP contribution < -0.4 is 4.72 Å². The number of hydrogen-bond donors (Lipinski definition) is 2. The van der Waals surface area contributed by atoms with Crippen molar-refractivity contribution in [2.75, 3.05) is 0 Å². The van der Waals surface area contributed by atoms with Crippen LogP contribution in [-0.4, -0.2) is 28.6 Å². The summed E-state index contributed by atoms with van der Waals surface area (Å²) in [4.78, 5) is 7.42. The number of para-hydroxylation sites is 1. The number of furan rings is 1. The average Bonchev–Trinajstić information content (AvgIpc) is 3.35. The second-order valence-corrected chi connectivity index (χ2v) is 10.2. The van der Waals surface area contributed by atoms with Crippen LogP contribution in [0.25, 0.3) is 11.0 Å². The summed E-state index contributed by atoms with van der Waals surface area (Å²) >= 11 is 6.25. The van der Waals surface area contributed by atoms with Crippen LogP contribution in [-0.2, 0) is 26.6 Å². The molecule has 0 spiro atoms. The van der Waals surface area contributed by atoms with E-state index in [1.165, 1.54) is 6.07 Å². The number of benzene rings is 1. The molecule has 4 rings (SSSR count). The van der Waals surface area contributed by atoms with Gasteiger partial charge in [0.15, 0.2) is 0 Å². The van der Waals surface area contributed by atoms with E-state index in [4.69, 9.17) is 16.0 Å². The van der Waals surface area contributed by atoms with E-state index in [0.717, 1.165) is 0 Å². The first-order valence-corrected chi connectivity index (χ1v) is 12.0. The summed E-state index contributed by atoms with van der Waals surface area (Å²) in [7, 11) is -5.51. The lowest BCUT2D eigenvalue weighted by Crippen LogP contribution is -2.43. The number of nitrogens with one attached hydrogen (secondary N) is 2. The molecule has 0 radical (unpaired) electrons. The smallest absolute Gasteiger partial charge is 0.274 e. The molecule has 2 aromatic heterocycles. The fourth-order valence-electron chi connectivity index (χ4n) is 3.10. The Morgan fingerprint density at radius 1 is 1.31 bits per heavy atom. The Bertz CT molecular complexity index is 1200. The van der Waals surface area contributed by atoms with Crippen LogP contribution in [0.3, 0.4) is 0 Å². The van der Waals surface area contributed by atoms with Crippen LogP contribution >= 0.6 is 11.6 Å². The van der Waals surface area contributed by atoms with Gasteiger partial charge in [0.2, 0.25) is 5.09 Å². The lowest BCUT2D eigenvalue weighted by atomic mass is 9.97. The maximum Gasteiger partial charge on any atom is 0.274 e. The molecule has 2 N–H and O–H groups in total. The van der Waals surface area contributed by atoms with Crippen LogP contribution in [0.1, 0.15) is 12.7 Å². The molecule has 3 unspecified atom stereocenters. The molecule has 0 fully saturated rings. The SMILES string of the molecule is CC1C(Cl)=CC=C(S(=O)Cc2ncc[nH]2)C1NS(=O)(=O)c1cc2ccccc2o1. The standard InChI is InChI=1S/C19H18ClN3O4S2/c1-12-14(20)6-7-16(28(24)11-17-21-8-9-22-17)19(12)23-29(25,26)18-10-13-4-2-3-5-15(13)27-18/h2-10,12,19,23H,11H2,1H3,(H,21,22). The fraction of sp³-hybridized carbons (Fsp3) is 0.211. The number of hydrogen-bond acceptors (Lipinski definition) is 5. The first-order chi connectivity index (χ1) is 13.8. The zero-order valence-electron chi connectivity index (χ0n) is 15.3. The van der Waals surface area contributed by atoms with Gasteiger partial charge >= 0.3 is 0 Å². The zero-order valence-corrected chi connectivity index (χ0v) is 17.7. The van der Waals surface area contributed by atoms with Crippen molar-refractivity contribution in [2.24, 2.45) is 5.92 Å². The summed E-state index contributed by atoms with van der Waals surface area (Å²) in [5.74, 6) is 0.299. The zero-order chi connectivity index (χ0) is 20.6. The van der Waals surface area contributed by atoms with Crippen LogP contribution in [0.15, 0.2) is 74.3 Å². The summed E-state index contributed by atoms with van der Waals surface area (Å²) in [6.45, 7) is 1.78. The quantitative estimate of drug-likeness (QED) is 0.597. The Kier molecular flexibility index (Phi) is 5.48. The van der Waals surface area contributed by atoms with E-state index in [0.29, 0.717) is 26.7 Å². The average molecular weight is 452 g/mol. The normalized spacial score (nSPS) is 21.0. The summed E-state index contributed by atoms with van der Waals surface area (Å²) < 4.78 is 47.1. The minimum absolute atomic E-state index is 0.139. The maximum atomic E-state index is 13.0. The predicted molar refractivity (Wildman–Crippen MR) is 112 cm³/mol. The monoisotopic (exact) mass is 451 g/mol. The number of aromatic amines is 1. The number of aromatic nitrogens is 2. The molecule has 0 saturated carbocycles. The van der Waals surface area contributed by atoms with E-state index in [-0.39, 0.29) is 10.8 Å². The van der Waals surface area contributed by atoms with Gasteiger partial charge in [-0.15, -0.1) is 0 Å². The largest absolute Gasteiger partial charge is 0.443 e. The van der Waals surface area contributed by atoms with Crippen molar-refractivity contribution in [3.63, 3.8) is 0 Å². The van der Waals surface area contributed by atoms with Crippen molar-refractivity contribution < 1.29 is 17.0 Å². The van der Waals surface area contributed by atoms with E-state index in [1.54, 1.807) is 55.7 Å². The van der Waals surface area contributed by atoms with E-state index in [9.17, 15) is 12.6 Å². The number of sulfonamides is 1. The summed E-state index contributed by atoms with van der Waals surface area (Å²) in [6.07, 6.45) is 6.46. The molecular weight excluding hydrogens is 434 g/mol. The number of imidazole rings is 1. The molecule has 1 aliphatic carbocycles. The Morgan fingerprint density at radius 3 is 2.83 bits per heavy atom. The van der Waals surface area contributed by atoms with Gasteiger partial charge in [0.25, 0.3) is 10.0 Å². The van der Waals surface area contributed by atoms with E-state index in [1.807, 2.05) is 0 Å². The second-order valence-electron chi connectivity index (χ2n) is 6.64. The van der Waals surface area contributed by atoms with Crippen LogP contribution in [0.5, 0.6) is 0 Å². The third-order valence-electron chi connectivity index (χ3n) is 4.68. The molecule has 7 nitrogen and oxygen atoms in total. The minimum Gasteiger partial charge on any atom is -0.443 e. The van der Waals surface area contributed by atoms with Gasteiger partial charge < -0.3 is 9.40 Å². The van der Waals surface area contributed by atoms with Crippen molar-refractivity contribution in [1.29, 1.82) is 0 Å². The van der Waals surface area contributed by atoms with Crippen molar-refractivity contribution in [2.45, 2.75) is 23.8 Å². The van der Waals surface area contributed by atoms with E-state index in [2.05, 4.69) is 14.7 Å². The van der Waals surface area contributed by atoms with Crippen molar-refractivity contribution in [3.05, 3.63) is 70.6 Å². The molecule has 10 heteroatoms. The molecule has 1 aliphatic rings. The van der Waals surface area contributed by atoms with Crippen LogP contribution in [0, 0.1) is 5.92 Å². The summed E-state index contributed by atoms with van der Waals surface area (Å²) in [6, 6.07) is 7.72. The van der Waals surface area contributed by atoms with Crippen molar-refractivity contribution in [3.8, 4) is 0 Å². The highest BCUT2D eigenvalue weighted by Gasteiger charge is 2.35. The van der Waals surface area contributed by atoms with Crippen molar-refractivity contribution in [1.82, 2.24) is 14.7 Å². The Balaban J connectivity index is 1.64. The highest BCUT2D eigenvalue weighted by atomic mass is 35.5. The number of fused-ring (bicyclic) bond motifs is 1. The van der Waals surface area contributed by atoms with Crippen LogP contribution in [0.4, 0.5) is 0 Å². The lowest BCUT2D eigenvalue weighted by molar-refractivity contribution is 0.463. The molecule has 0 amide bonds. The Hall–Kier alpha value is -2.20. The van der Waals surface area contributed by atoms with Gasteiger partial charge in [-0.3, -0.25) is 4.21 Å². The van der Waals surface area contributed by atoms with Gasteiger partial charge in [-0.2, -0.15) is 4.72 Å². The maximum absolute atomic E-state index is 13.0. The minimum atomic E-state index is -4.01. The molecular formula is C19H18ClN3O4S2. The fourth-order valence-corrected chi connectivity index (χ4v) is 5.97. The van der Waals surface area contributed by atoms with Gasteiger partial charge in [0.05, 0.1) is 22.6 Å². The predicted octanol–water partition coefficient (Wildman–Crippen LogP) is 3.41. The van der Waals surface area contributed by atoms with Crippen molar-refractivity contribution >= 4 is 43.4 Å². The highest BCUT2D eigenvalue weighted by molar-refractivity contribution is 7.90. The third kappa shape index (κ3) is 4.09. The summed E-state index contributed by atoms with van der Waals surface area (Å²) in [5, 5.41) is 0.952. The molecule has 29 heavy (non-hydrogen) atoms. The first kappa shape index (κ1) is 20.1. The Labute approximate surface area is 175 Å². The second kappa shape index (κ2) is 7.91. The molecule has 0 saturated heterocycles. The van der Waals surface area contributed by atoms with E-state index < -0.39 is 32.8 Å². The van der Waals surface area contributed by atoms with Gasteiger partial charge in [0, 0.05) is 39.7 Å². The van der Waals surface area contributed by atoms with E-state index >= 15 is 0 Å². The third-order valence-corrected chi connectivity index (χ3v) is 7.90. The molecule has 3 aromatic rings. The topological polar surface area (TPSA) is 105 Å². The first-order valence-electron chi connectivity index (χ1n) is 8.80.